The number of aromatic nitrogens is 1. The van der Waals surface area contributed by atoms with Crippen LogP contribution in [0.15, 0.2) is 35.8 Å². The van der Waals surface area contributed by atoms with E-state index in [0.717, 1.165) is 36.6 Å². The Bertz CT molecular complexity index is 627. The second kappa shape index (κ2) is 6.92. The van der Waals surface area contributed by atoms with Crippen molar-refractivity contribution >= 4 is 23.1 Å². The van der Waals surface area contributed by atoms with Crippen LogP contribution in [0.5, 0.6) is 0 Å². The summed E-state index contributed by atoms with van der Waals surface area (Å²) in [5.74, 6) is 1.55. The van der Waals surface area contributed by atoms with Crippen molar-refractivity contribution in [1.82, 2.24) is 9.88 Å². The summed E-state index contributed by atoms with van der Waals surface area (Å²) in [7, 11) is 1.88. The number of likely N-dealkylation sites (tertiary alicyclic amines) is 1. The van der Waals surface area contributed by atoms with Gasteiger partial charge in [-0.05, 0) is 42.0 Å². The number of carbonyl (C=O) groups excluding carboxylic acids is 1. The predicted octanol–water partition coefficient (Wildman–Crippen LogP) is 3.13. The molecule has 1 fully saturated rings. The number of piperidine rings is 1. The molecule has 22 heavy (non-hydrogen) atoms. The van der Waals surface area contributed by atoms with Gasteiger partial charge in [-0.25, -0.2) is 4.98 Å². The lowest BCUT2D eigenvalue weighted by molar-refractivity contribution is -0.131. The first kappa shape index (κ1) is 15.0. The van der Waals surface area contributed by atoms with Gasteiger partial charge in [-0.1, -0.05) is 6.07 Å². The third-order valence-corrected chi connectivity index (χ3v) is 5.07. The Labute approximate surface area is 135 Å². The summed E-state index contributed by atoms with van der Waals surface area (Å²) in [5, 5.41) is 5.11. The summed E-state index contributed by atoms with van der Waals surface area (Å²) in [4.78, 5) is 19.9. The highest BCUT2D eigenvalue weighted by atomic mass is 32.1. The summed E-state index contributed by atoms with van der Waals surface area (Å²) >= 11 is 1.65. The molecule has 1 N–H and O–H groups in total. The molecule has 1 atom stereocenters. The van der Waals surface area contributed by atoms with Gasteiger partial charge in [0.2, 0.25) is 5.91 Å². The molecule has 0 spiro atoms. The lowest BCUT2D eigenvalue weighted by Crippen LogP contribution is -2.39. The van der Waals surface area contributed by atoms with Gasteiger partial charge in [0.15, 0.2) is 0 Å². The minimum Gasteiger partial charge on any atom is -0.373 e. The Morgan fingerprint density at radius 3 is 3.18 bits per heavy atom. The van der Waals surface area contributed by atoms with Crippen LogP contribution in [0, 0.1) is 0 Å². The number of hydrogen-bond acceptors (Lipinski definition) is 4. The number of hydrogen-bond donors (Lipinski definition) is 1. The van der Waals surface area contributed by atoms with Gasteiger partial charge in [-0.15, -0.1) is 11.3 Å². The molecule has 1 saturated heterocycles. The first-order valence-electron chi connectivity index (χ1n) is 7.70. The number of thiophene rings is 1. The van der Waals surface area contributed by atoms with E-state index in [1.165, 1.54) is 5.56 Å². The molecule has 5 heteroatoms. The van der Waals surface area contributed by atoms with Gasteiger partial charge < -0.3 is 10.2 Å². The number of anilines is 1. The SMILES string of the molecule is CNc1cc(C2CCCN(C(=O)Cc3cccs3)C2)ccn1. The van der Waals surface area contributed by atoms with Crippen LogP contribution in [0.1, 0.15) is 29.2 Å². The Morgan fingerprint density at radius 1 is 1.50 bits per heavy atom. The molecule has 1 unspecified atom stereocenters. The Kier molecular flexibility index (Phi) is 4.73. The molecular formula is C17H21N3OS. The first-order chi connectivity index (χ1) is 10.8. The zero-order chi connectivity index (χ0) is 15.4. The summed E-state index contributed by atoms with van der Waals surface area (Å²) in [6.07, 6.45) is 4.57. The number of amides is 1. The second-order valence-corrected chi connectivity index (χ2v) is 6.69. The normalized spacial score (nSPS) is 18.2. The minimum atomic E-state index is 0.245. The topological polar surface area (TPSA) is 45.2 Å². The molecule has 0 aromatic carbocycles. The van der Waals surface area contributed by atoms with Crippen LogP contribution in [0.4, 0.5) is 5.82 Å². The van der Waals surface area contributed by atoms with Crippen LogP contribution in [0.3, 0.4) is 0 Å². The molecule has 3 rings (SSSR count). The highest BCUT2D eigenvalue weighted by Crippen LogP contribution is 2.28. The smallest absolute Gasteiger partial charge is 0.227 e. The monoisotopic (exact) mass is 315 g/mol. The molecule has 0 bridgehead atoms. The predicted molar refractivity (Wildman–Crippen MR) is 90.4 cm³/mol. The van der Waals surface area contributed by atoms with Gasteiger partial charge in [-0.2, -0.15) is 0 Å². The van der Waals surface area contributed by atoms with Crippen LogP contribution in [-0.2, 0) is 11.2 Å². The first-order valence-corrected chi connectivity index (χ1v) is 8.58. The van der Waals surface area contributed by atoms with Crippen LogP contribution >= 0.6 is 11.3 Å². The van der Waals surface area contributed by atoms with Crippen molar-refractivity contribution in [3.05, 3.63) is 46.3 Å². The van der Waals surface area contributed by atoms with E-state index in [2.05, 4.69) is 22.4 Å². The quantitative estimate of drug-likeness (QED) is 0.943. The maximum atomic E-state index is 12.5. The van der Waals surface area contributed by atoms with E-state index in [1.807, 2.05) is 35.7 Å². The summed E-state index contributed by atoms with van der Waals surface area (Å²) in [6.45, 7) is 1.70. The zero-order valence-electron chi connectivity index (χ0n) is 12.8. The van der Waals surface area contributed by atoms with Crippen molar-refractivity contribution in [3.63, 3.8) is 0 Å². The summed E-state index contributed by atoms with van der Waals surface area (Å²) < 4.78 is 0. The minimum absolute atomic E-state index is 0.245. The van der Waals surface area contributed by atoms with Crippen molar-refractivity contribution in [2.45, 2.75) is 25.2 Å². The number of carbonyl (C=O) groups is 1. The lowest BCUT2D eigenvalue weighted by atomic mass is 9.91. The van der Waals surface area contributed by atoms with Crippen LogP contribution in [-0.4, -0.2) is 35.9 Å². The van der Waals surface area contributed by atoms with Gasteiger partial charge in [0.25, 0.3) is 0 Å². The highest BCUT2D eigenvalue weighted by molar-refractivity contribution is 7.10. The average Bonchev–Trinajstić information content (AvgIpc) is 3.08. The number of pyridine rings is 1. The number of rotatable bonds is 4. The summed E-state index contributed by atoms with van der Waals surface area (Å²) in [5.41, 5.74) is 1.27. The van der Waals surface area contributed by atoms with Crippen molar-refractivity contribution in [3.8, 4) is 0 Å². The maximum Gasteiger partial charge on any atom is 0.227 e. The zero-order valence-corrected chi connectivity index (χ0v) is 13.6. The fourth-order valence-electron chi connectivity index (χ4n) is 2.99. The lowest BCUT2D eigenvalue weighted by Gasteiger charge is -2.33. The molecule has 1 aliphatic rings. The van der Waals surface area contributed by atoms with E-state index in [1.54, 1.807) is 11.3 Å². The van der Waals surface area contributed by atoms with Crippen LogP contribution in [0.2, 0.25) is 0 Å². The highest BCUT2D eigenvalue weighted by Gasteiger charge is 2.25. The van der Waals surface area contributed by atoms with Gasteiger partial charge in [-0.3, -0.25) is 4.79 Å². The average molecular weight is 315 g/mol. The molecule has 4 nitrogen and oxygen atoms in total. The van der Waals surface area contributed by atoms with Gasteiger partial charge in [0.05, 0.1) is 6.42 Å². The Morgan fingerprint density at radius 2 is 2.41 bits per heavy atom. The molecule has 0 radical (unpaired) electrons. The summed E-state index contributed by atoms with van der Waals surface area (Å²) in [6, 6.07) is 8.20. The van der Waals surface area contributed by atoms with E-state index in [-0.39, 0.29) is 5.91 Å². The standard InChI is InChI=1S/C17H21N3OS/c1-18-16-10-13(6-7-19-16)14-4-2-8-20(12-14)17(21)11-15-5-3-9-22-15/h3,5-7,9-10,14H,2,4,8,11-12H2,1H3,(H,18,19). The van der Waals surface area contributed by atoms with Crippen molar-refractivity contribution in [1.29, 1.82) is 0 Å². The molecular weight excluding hydrogens is 294 g/mol. The molecule has 3 heterocycles. The van der Waals surface area contributed by atoms with Gasteiger partial charge in [0, 0.05) is 37.1 Å². The third-order valence-electron chi connectivity index (χ3n) is 4.19. The second-order valence-electron chi connectivity index (χ2n) is 5.66. The molecule has 2 aromatic heterocycles. The molecule has 1 aliphatic heterocycles. The van der Waals surface area contributed by atoms with Gasteiger partial charge >= 0.3 is 0 Å². The molecule has 2 aromatic rings. The van der Waals surface area contributed by atoms with E-state index < -0.39 is 0 Å². The fourth-order valence-corrected chi connectivity index (χ4v) is 3.68. The van der Waals surface area contributed by atoms with Crippen molar-refractivity contribution in [2.24, 2.45) is 0 Å². The maximum absolute atomic E-state index is 12.5. The third kappa shape index (κ3) is 3.47. The van der Waals surface area contributed by atoms with E-state index in [4.69, 9.17) is 0 Å². The number of nitrogens with one attached hydrogen (secondary N) is 1. The molecule has 0 saturated carbocycles. The molecule has 0 aliphatic carbocycles. The van der Waals surface area contributed by atoms with Crippen molar-refractivity contribution in [2.75, 3.05) is 25.5 Å². The number of nitrogens with zero attached hydrogens (tertiary/aromatic N) is 2. The van der Waals surface area contributed by atoms with E-state index in [0.29, 0.717) is 12.3 Å². The van der Waals surface area contributed by atoms with E-state index in [9.17, 15) is 4.79 Å². The van der Waals surface area contributed by atoms with E-state index >= 15 is 0 Å². The fraction of sp³-hybridized carbons (Fsp3) is 0.412. The Balaban J connectivity index is 1.67. The molecule has 116 valence electrons. The largest absolute Gasteiger partial charge is 0.373 e. The van der Waals surface area contributed by atoms with Crippen LogP contribution in [0.25, 0.3) is 0 Å². The molecule has 1 amide bonds. The van der Waals surface area contributed by atoms with Crippen molar-refractivity contribution < 1.29 is 4.79 Å². The Hall–Kier alpha value is -1.88. The van der Waals surface area contributed by atoms with Crippen LogP contribution < -0.4 is 5.32 Å². The van der Waals surface area contributed by atoms with Gasteiger partial charge in [0.1, 0.15) is 5.82 Å².